The molecule has 21 heavy (non-hydrogen) atoms. The van der Waals surface area contributed by atoms with Gasteiger partial charge in [-0.3, -0.25) is 0 Å². The summed E-state index contributed by atoms with van der Waals surface area (Å²) >= 11 is 8.87. The summed E-state index contributed by atoms with van der Waals surface area (Å²) in [7, 11) is 0. The van der Waals surface area contributed by atoms with Crippen LogP contribution in [0.3, 0.4) is 0 Å². The Labute approximate surface area is 138 Å². The third-order valence-electron chi connectivity index (χ3n) is 2.88. The van der Waals surface area contributed by atoms with Gasteiger partial charge in [0.15, 0.2) is 23.1 Å². The molecule has 0 aliphatic heterocycles. The number of hydrogen-bond acceptors (Lipinski definition) is 2. The van der Waals surface area contributed by atoms with Crippen LogP contribution in [0.5, 0.6) is 0 Å². The number of pyridine rings is 1. The molecule has 0 radical (unpaired) electrons. The number of aliphatic hydroxyl groups is 1. The lowest BCUT2D eigenvalue weighted by atomic mass is 10.1. The minimum absolute atomic E-state index is 0.129. The maximum atomic E-state index is 10.7. The largest absolute Gasteiger partial charge is 0.502 e. The van der Waals surface area contributed by atoms with Crippen molar-refractivity contribution in [3.63, 3.8) is 0 Å². The van der Waals surface area contributed by atoms with Crippen molar-refractivity contribution in [1.29, 1.82) is 0 Å². The fraction of sp³-hybridized carbons (Fsp3) is 0.125. The van der Waals surface area contributed by atoms with Crippen molar-refractivity contribution in [3.8, 4) is 0 Å². The average molecular weight is 364 g/mol. The van der Waals surface area contributed by atoms with E-state index in [0.717, 1.165) is 4.47 Å². The molecular formula is C16H16BrN2OS+. The molecule has 2 aromatic rings. The van der Waals surface area contributed by atoms with Crippen LogP contribution in [0.15, 0.2) is 59.3 Å². The molecule has 2 N–H and O–H groups in total. The van der Waals surface area contributed by atoms with Gasteiger partial charge in [-0.1, -0.05) is 46.3 Å². The topological polar surface area (TPSA) is 36.1 Å². The van der Waals surface area contributed by atoms with Crippen LogP contribution in [-0.2, 0) is 0 Å². The second kappa shape index (κ2) is 7.33. The summed E-state index contributed by atoms with van der Waals surface area (Å²) in [6, 6.07) is 13.2. The predicted molar refractivity (Wildman–Crippen MR) is 92.8 cm³/mol. The molecule has 108 valence electrons. The number of benzene rings is 1. The summed E-state index contributed by atoms with van der Waals surface area (Å²) in [5.74, 6) is 0.129. The highest BCUT2D eigenvalue weighted by Gasteiger charge is 2.23. The summed E-state index contributed by atoms with van der Waals surface area (Å²) in [4.78, 5) is 0.502. The maximum absolute atomic E-state index is 10.7. The van der Waals surface area contributed by atoms with Gasteiger partial charge in [0, 0.05) is 28.7 Å². The first-order valence-corrected chi connectivity index (χ1v) is 7.78. The molecule has 0 fully saturated rings. The monoisotopic (exact) mass is 363 g/mol. The first-order chi connectivity index (χ1) is 10.1. The zero-order chi connectivity index (χ0) is 15.2. The van der Waals surface area contributed by atoms with Gasteiger partial charge >= 0.3 is 0 Å². The Kier molecular flexibility index (Phi) is 5.47. The van der Waals surface area contributed by atoms with E-state index in [1.165, 1.54) is 0 Å². The highest BCUT2D eigenvalue weighted by molar-refractivity contribution is 9.10. The standard InChI is InChI=1S/C16H15BrN2OS/c1-2-18-16(21)14(19-10-6-3-7-11-19)15(20)12-8-4-5-9-13(12)17/h3-11H,2H2,1H3,(H-,18,20,21)/p+1. The Morgan fingerprint density at radius 3 is 2.48 bits per heavy atom. The van der Waals surface area contributed by atoms with Gasteiger partial charge in [0.05, 0.1) is 0 Å². The predicted octanol–water partition coefficient (Wildman–Crippen LogP) is 3.56. The van der Waals surface area contributed by atoms with Gasteiger partial charge in [0.25, 0.3) is 5.70 Å². The van der Waals surface area contributed by atoms with Crippen molar-refractivity contribution in [2.75, 3.05) is 6.54 Å². The number of nitrogens with zero attached hydrogens (tertiary/aromatic N) is 1. The van der Waals surface area contributed by atoms with E-state index < -0.39 is 0 Å². The number of halogens is 1. The molecule has 0 spiro atoms. The maximum Gasteiger partial charge on any atom is 0.288 e. The lowest BCUT2D eigenvalue weighted by molar-refractivity contribution is -0.576. The number of aromatic nitrogens is 1. The first-order valence-electron chi connectivity index (χ1n) is 6.58. The Bertz CT molecular complexity index is 671. The highest BCUT2D eigenvalue weighted by Crippen LogP contribution is 2.25. The number of thiocarbonyl (C=S) groups is 1. The van der Waals surface area contributed by atoms with Crippen molar-refractivity contribution >= 4 is 44.6 Å². The summed E-state index contributed by atoms with van der Waals surface area (Å²) in [6.07, 6.45) is 3.71. The number of nitrogens with one attached hydrogen (secondary N) is 1. The molecule has 0 bridgehead atoms. The van der Waals surface area contributed by atoms with Gasteiger partial charge in [0.2, 0.25) is 0 Å². The van der Waals surface area contributed by atoms with Crippen LogP contribution in [-0.4, -0.2) is 16.6 Å². The fourth-order valence-corrected chi connectivity index (χ4v) is 2.74. The van der Waals surface area contributed by atoms with E-state index in [1.54, 1.807) is 4.57 Å². The molecule has 0 aliphatic carbocycles. The molecule has 1 aromatic carbocycles. The molecule has 1 heterocycles. The van der Waals surface area contributed by atoms with E-state index in [4.69, 9.17) is 12.2 Å². The minimum atomic E-state index is 0.129. The number of likely N-dealkylation sites (N-methyl/N-ethyl adjacent to an activating group) is 1. The third-order valence-corrected chi connectivity index (χ3v) is 3.91. The van der Waals surface area contributed by atoms with Gasteiger partial charge < -0.3 is 10.4 Å². The first kappa shape index (κ1) is 15.7. The second-order valence-corrected chi connectivity index (χ2v) is 5.58. The van der Waals surface area contributed by atoms with Crippen molar-refractivity contribution in [2.24, 2.45) is 0 Å². The van der Waals surface area contributed by atoms with E-state index in [2.05, 4.69) is 21.2 Å². The molecular weight excluding hydrogens is 348 g/mol. The number of rotatable bonds is 4. The van der Waals surface area contributed by atoms with Crippen LogP contribution in [0.25, 0.3) is 11.5 Å². The normalized spacial score (nSPS) is 11.7. The zero-order valence-corrected chi connectivity index (χ0v) is 14.0. The minimum Gasteiger partial charge on any atom is -0.502 e. The van der Waals surface area contributed by atoms with Crippen LogP contribution in [0, 0.1) is 0 Å². The molecule has 0 aliphatic rings. The van der Waals surface area contributed by atoms with Gasteiger partial charge in [-0.2, -0.15) is 4.57 Å². The van der Waals surface area contributed by atoms with Crippen molar-refractivity contribution in [2.45, 2.75) is 6.92 Å². The smallest absolute Gasteiger partial charge is 0.288 e. The Morgan fingerprint density at radius 2 is 1.86 bits per heavy atom. The molecule has 2 rings (SSSR count). The van der Waals surface area contributed by atoms with E-state index in [1.807, 2.05) is 61.8 Å². The van der Waals surface area contributed by atoms with Crippen molar-refractivity contribution in [1.82, 2.24) is 5.32 Å². The van der Waals surface area contributed by atoms with Crippen LogP contribution in [0.2, 0.25) is 0 Å². The summed E-state index contributed by atoms with van der Waals surface area (Å²) in [6.45, 7) is 2.66. The van der Waals surface area contributed by atoms with Gasteiger partial charge in [-0.25, -0.2) is 0 Å². The van der Waals surface area contributed by atoms with Crippen LogP contribution >= 0.6 is 28.1 Å². The molecule has 0 saturated heterocycles. The van der Waals surface area contributed by atoms with Crippen LogP contribution < -0.4 is 9.88 Å². The molecule has 3 nitrogen and oxygen atoms in total. The number of aliphatic hydroxyl groups excluding tert-OH is 1. The van der Waals surface area contributed by atoms with Crippen LogP contribution in [0.4, 0.5) is 0 Å². The zero-order valence-electron chi connectivity index (χ0n) is 11.6. The quantitative estimate of drug-likeness (QED) is 0.377. The Balaban J connectivity index is 2.61. The van der Waals surface area contributed by atoms with Gasteiger partial charge in [-0.15, -0.1) is 0 Å². The fourth-order valence-electron chi connectivity index (χ4n) is 1.92. The Hall–Kier alpha value is -1.72. The summed E-state index contributed by atoms with van der Waals surface area (Å²) in [5, 5.41) is 13.8. The Morgan fingerprint density at radius 1 is 1.19 bits per heavy atom. The second-order valence-electron chi connectivity index (χ2n) is 4.32. The van der Waals surface area contributed by atoms with Gasteiger partial charge in [-0.05, 0) is 19.1 Å². The lowest BCUT2D eigenvalue weighted by Crippen LogP contribution is -2.40. The SMILES string of the molecule is CCNC(=S)/C(=C(/O)c1ccccc1Br)[n+]1ccccc1. The summed E-state index contributed by atoms with van der Waals surface area (Å²) in [5.41, 5.74) is 1.25. The van der Waals surface area contributed by atoms with Crippen molar-refractivity contribution in [3.05, 3.63) is 64.9 Å². The van der Waals surface area contributed by atoms with E-state index in [-0.39, 0.29) is 5.76 Å². The average Bonchev–Trinajstić information content (AvgIpc) is 2.49. The van der Waals surface area contributed by atoms with E-state index >= 15 is 0 Å². The van der Waals surface area contributed by atoms with E-state index in [0.29, 0.717) is 22.8 Å². The molecule has 0 atom stereocenters. The molecule has 5 heteroatoms. The molecule has 1 aromatic heterocycles. The van der Waals surface area contributed by atoms with Crippen molar-refractivity contribution < 1.29 is 9.67 Å². The lowest BCUT2D eigenvalue weighted by Gasteiger charge is -2.09. The van der Waals surface area contributed by atoms with Gasteiger partial charge in [0.1, 0.15) is 0 Å². The molecule has 0 amide bonds. The molecule has 0 unspecified atom stereocenters. The molecule has 0 saturated carbocycles. The highest BCUT2D eigenvalue weighted by atomic mass is 79.9. The van der Waals surface area contributed by atoms with Crippen LogP contribution in [0.1, 0.15) is 12.5 Å². The number of hydrogen-bond donors (Lipinski definition) is 2. The summed E-state index contributed by atoms with van der Waals surface area (Å²) < 4.78 is 2.62. The van der Waals surface area contributed by atoms with E-state index in [9.17, 15) is 5.11 Å². The third kappa shape index (κ3) is 3.68.